The first-order chi connectivity index (χ1) is 10.6. The minimum Gasteiger partial charge on any atom is -0.427 e. The van der Waals surface area contributed by atoms with Gasteiger partial charge in [-0.25, -0.2) is 4.98 Å². The Labute approximate surface area is 126 Å². The first-order valence-electron chi connectivity index (χ1n) is 6.67. The summed E-state index contributed by atoms with van der Waals surface area (Å²) in [6.45, 7) is 1.75. The molecule has 0 radical (unpaired) electrons. The Morgan fingerprint density at radius 1 is 1.09 bits per heavy atom. The second-order valence-electron chi connectivity index (χ2n) is 4.85. The van der Waals surface area contributed by atoms with Crippen molar-refractivity contribution < 1.29 is 10.1 Å². The lowest BCUT2D eigenvalue weighted by Crippen LogP contribution is -1.97. The van der Waals surface area contributed by atoms with E-state index < -0.39 is 4.92 Å². The average Bonchev–Trinajstić information content (AvgIpc) is 2.84. The molecule has 0 aliphatic carbocycles. The summed E-state index contributed by atoms with van der Waals surface area (Å²) in [6, 6.07) is 15.5. The van der Waals surface area contributed by atoms with Crippen LogP contribution in [0.5, 0.6) is 0 Å². The third-order valence-electron chi connectivity index (χ3n) is 3.44. The van der Waals surface area contributed by atoms with E-state index in [0.29, 0.717) is 17.0 Å². The summed E-state index contributed by atoms with van der Waals surface area (Å²) in [5.74, 6) is 0.278. The smallest absolute Gasteiger partial charge is 0.270 e. The lowest BCUT2D eigenvalue weighted by atomic mass is 10.1. The molecular formula is C16H13N3O3. The van der Waals surface area contributed by atoms with Gasteiger partial charge in [-0.05, 0) is 6.92 Å². The zero-order valence-electron chi connectivity index (χ0n) is 11.8. The van der Waals surface area contributed by atoms with Gasteiger partial charge in [-0.3, -0.25) is 10.1 Å². The van der Waals surface area contributed by atoms with Crippen molar-refractivity contribution in [3.05, 3.63) is 70.4 Å². The highest BCUT2D eigenvalue weighted by atomic mass is 16.6. The van der Waals surface area contributed by atoms with Crippen LogP contribution in [0.25, 0.3) is 22.6 Å². The summed E-state index contributed by atoms with van der Waals surface area (Å²) in [5, 5.41) is 21.1. The molecule has 0 aliphatic heterocycles. The van der Waals surface area contributed by atoms with Gasteiger partial charge >= 0.3 is 0 Å². The van der Waals surface area contributed by atoms with Gasteiger partial charge in [0, 0.05) is 23.3 Å². The first-order valence-corrected chi connectivity index (χ1v) is 6.67. The van der Waals surface area contributed by atoms with Crippen molar-refractivity contribution in [3.8, 4) is 22.6 Å². The van der Waals surface area contributed by atoms with Crippen LogP contribution in [0, 0.1) is 17.0 Å². The molecule has 0 bridgehead atoms. The molecule has 2 aromatic carbocycles. The van der Waals surface area contributed by atoms with Crippen molar-refractivity contribution in [3.63, 3.8) is 0 Å². The molecule has 0 saturated heterocycles. The summed E-state index contributed by atoms with van der Waals surface area (Å²) >= 11 is 0. The lowest BCUT2D eigenvalue weighted by molar-refractivity contribution is -0.384. The normalized spacial score (nSPS) is 10.6. The van der Waals surface area contributed by atoms with Crippen LogP contribution in [0.2, 0.25) is 0 Å². The van der Waals surface area contributed by atoms with E-state index >= 15 is 0 Å². The molecule has 0 aliphatic rings. The summed E-state index contributed by atoms with van der Waals surface area (Å²) in [7, 11) is 0. The van der Waals surface area contributed by atoms with Crippen LogP contribution in [0.15, 0.2) is 54.6 Å². The molecule has 3 rings (SSSR count). The van der Waals surface area contributed by atoms with Gasteiger partial charge < -0.3 is 5.21 Å². The molecule has 110 valence electrons. The van der Waals surface area contributed by atoms with E-state index in [-0.39, 0.29) is 11.5 Å². The Kier molecular flexibility index (Phi) is 3.34. The van der Waals surface area contributed by atoms with Gasteiger partial charge in [0.05, 0.1) is 16.3 Å². The number of non-ortho nitro benzene ring substituents is 1. The van der Waals surface area contributed by atoms with Crippen molar-refractivity contribution in [2.45, 2.75) is 6.92 Å². The van der Waals surface area contributed by atoms with Gasteiger partial charge in [0.25, 0.3) is 5.69 Å². The number of benzene rings is 2. The maximum Gasteiger partial charge on any atom is 0.270 e. The number of imidazole rings is 1. The topological polar surface area (TPSA) is 81.2 Å². The van der Waals surface area contributed by atoms with Crippen LogP contribution in [-0.4, -0.2) is 19.8 Å². The highest BCUT2D eigenvalue weighted by Gasteiger charge is 2.17. The second kappa shape index (κ2) is 5.33. The van der Waals surface area contributed by atoms with E-state index in [0.717, 1.165) is 10.3 Å². The minimum absolute atomic E-state index is 0.0422. The maximum absolute atomic E-state index is 10.9. The fourth-order valence-corrected chi connectivity index (χ4v) is 2.31. The second-order valence-corrected chi connectivity index (χ2v) is 4.85. The molecule has 22 heavy (non-hydrogen) atoms. The van der Waals surface area contributed by atoms with Gasteiger partial charge in [-0.15, -0.1) is 0 Å². The standard InChI is InChI=1S/C16H13N3O3/c1-11-15(12-6-3-2-4-7-12)17-16(18(11)20)13-8-5-9-14(10-13)19(21)22/h2-10,20H,1H3. The van der Waals surface area contributed by atoms with E-state index in [1.807, 2.05) is 30.3 Å². The third kappa shape index (κ3) is 2.31. The van der Waals surface area contributed by atoms with Crippen LogP contribution in [0.3, 0.4) is 0 Å². The molecule has 0 atom stereocenters. The van der Waals surface area contributed by atoms with E-state index in [4.69, 9.17) is 0 Å². The van der Waals surface area contributed by atoms with E-state index in [1.54, 1.807) is 19.1 Å². The fraction of sp³-hybridized carbons (Fsp3) is 0.0625. The Bertz CT molecular complexity index is 841. The molecule has 3 aromatic rings. The predicted octanol–water partition coefficient (Wildman–Crippen LogP) is 3.67. The summed E-state index contributed by atoms with van der Waals surface area (Å²) < 4.78 is 0.960. The van der Waals surface area contributed by atoms with Gasteiger partial charge in [0.1, 0.15) is 0 Å². The maximum atomic E-state index is 10.9. The van der Waals surface area contributed by atoms with Crippen LogP contribution in [0.1, 0.15) is 5.69 Å². The van der Waals surface area contributed by atoms with Gasteiger partial charge in [-0.2, -0.15) is 4.73 Å². The summed E-state index contributed by atoms with van der Waals surface area (Å²) in [5.41, 5.74) is 2.54. The fourth-order valence-electron chi connectivity index (χ4n) is 2.31. The van der Waals surface area contributed by atoms with Gasteiger partial charge in [0.15, 0.2) is 5.82 Å². The molecule has 6 heteroatoms. The SMILES string of the molecule is Cc1c(-c2ccccc2)nc(-c2cccc([N+](=O)[O-])c2)n1O. The average molecular weight is 295 g/mol. The largest absolute Gasteiger partial charge is 0.427 e. The van der Waals surface area contributed by atoms with Crippen molar-refractivity contribution in [1.82, 2.24) is 9.71 Å². The van der Waals surface area contributed by atoms with Gasteiger partial charge in [0.2, 0.25) is 0 Å². The minimum atomic E-state index is -0.473. The zero-order chi connectivity index (χ0) is 15.7. The number of nitro benzene ring substituents is 1. The number of nitro groups is 1. The molecule has 0 spiro atoms. The molecule has 0 saturated carbocycles. The molecule has 0 amide bonds. The quantitative estimate of drug-likeness (QED) is 0.454. The van der Waals surface area contributed by atoms with Crippen molar-refractivity contribution in [2.24, 2.45) is 0 Å². The predicted molar refractivity (Wildman–Crippen MR) is 81.7 cm³/mol. The van der Waals surface area contributed by atoms with E-state index in [9.17, 15) is 15.3 Å². The first kappa shape index (κ1) is 13.8. The van der Waals surface area contributed by atoms with Crippen LogP contribution >= 0.6 is 0 Å². The number of hydrogen-bond donors (Lipinski definition) is 1. The van der Waals surface area contributed by atoms with Crippen LogP contribution < -0.4 is 0 Å². The van der Waals surface area contributed by atoms with Crippen molar-refractivity contribution >= 4 is 5.69 Å². The molecule has 1 N–H and O–H groups in total. The third-order valence-corrected chi connectivity index (χ3v) is 3.44. The van der Waals surface area contributed by atoms with Crippen molar-refractivity contribution in [1.29, 1.82) is 0 Å². The van der Waals surface area contributed by atoms with E-state index in [2.05, 4.69) is 4.98 Å². The highest BCUT2D eigenvalue weighted by Crippen LogP contribution is 2.29. The monoisotopic (exact) mass is 295 g/mol. The Hall–Kier alpha value is -3.15. The Morgan fingerprint density at radius 2 is 1.77 bits per heavy atom. The Balaban J connectivity index is 2.13. The highest BCUT2D eigenvalue weighted by molar-refractivity contribution is 5.68. The molecular weight excluding hydrogens is 282 g/mol. The molecule has 6 nitrogen and oxygen atoms in total. The zero-order valence-corrected chi connectivity index (χ0v) is 11.8. The lowest BCUT2D eigenvalue weighted by Gasteiger charge is -2.01. The molecule has 1 aromatic heterocycles. The van der Waals surface area contributed by atoms with Crippen LogP contribution in [0.4, 0.5) is 5.69 Å². The summed E-state index contributed by atoms with van der Waals surface area (Å²) in [6.07, 6.45) is 0. The van der Waals surface area contributed by atoms with Crippen molar-refractivity contribution in [2.75, 3.05) is 0 Å². The summed E-state index contributed by atoms with van der Waals surface area (Å²) in [4.78, 5) is 14.8. The number of nitrogens with zero attached hydrogens (tertiary/aromatic N) is 3. The molecule has 1 heterocycles. The van der Waals surface area contributed by atoms with E-state index in [1.165, 1.54) is 12.1 Å². The molecule has 0 fully saturated rings. The van der Waals surface area contributed by atoms with Crippen LogP contribution in [-0.2, 0) is 0 Å². The molecule has 0 unspecified atom stereocenters. The Morgan fingerprint density at radius 3 is 2.45 bits per heavy atom. The van der Waals surface area contributed by atoms with Gasteiger partial charge in [-0.1, -0.05) is 42.5 Å². The number of rotatable bonds is 3. The number of aromatic nitrogens is 2. The number of hydrogen-bond acceptors (Lipinski definition) is 4.